The van der Waals surface area contributed by atoms with Crippen LogP contribution in [0.3, 0.4) is 0 Å². The Bertz CT molecular complexity index is 636. The van der Waals surface area contributed by atoms with Gasteiger partial charge >= 0.3 is 0 Å². The van der Waals surface area contributed by atoms with Gasteiger partial charge < -0.3 is 10.1 Å². The molecule has 20 heavy (non-hydrogen) atoms. The van der Waals surface area contributed by atoms with Crippen molar-refractivity contribution >= 4 is 27.6 Å². The van der Waals surface area contributed by atoms with Crippen LogP contribution in [0.5, 0.6) is 5.88 Å². The summed E-state index contributed by atoms with van der Waals surface area (Å²) in [5.41, 5.74) is 0.822. The molecule has 0 radical (unpaired) electrons. The highest BCUT2D eigenvalue weighted by Crippen LogP contribution is 2.22. The molecule has 0 amide bonds. The van der Waals surface area contributed by atoms with Gasteiger partial charge in [-0.05, 0) is 21.5 Å². The van der Waals surface area contributed by atoms with Crippen molar-refractivity contribution in [2.75, 3.05) is 12.4 Å². The molecule has 0 aliphatic carbocycles. The summed E-state index contributed by atoms with van der Waals surface area (Å²) < 4.78 is 5.71. The van der Waals surface area contributed by atoms with Crippen LogP contribution in [0.4, 0.5) is 11.6 Å². The molecule has 0 bridgehead atoms. The number of nitro benzene ring substituents is 1. The first-order valence-corrected chi connectivity index (χ1v) is 6.43. The molecule has 0 aliphatic heterocycles. The fourth-order valence-corrected chi connectivity index (χ4v) is 1.89. The first kappa shape index (κ1) is 14.2. The molecule has 1 heterocycles. The van der Waals surface area contributed by atoms with Gasteiger partial charge in [-0.1, -0.05) is 12.1 Å². The summed E-state index contributed by atoms with van der Waals surface area (Å²) >= 11 is 3.26. The monoisotopic (exact) mass is 338 g/mol. The number of benzene rings is 1. The number of halogens is 1. The van der Waals surface area contributed by atoms with Gasteiger partial charge in [-0.3, -0.25) is 10.1 Å². The molecule has 1 aromatic heterocycles. The fraction of sp³-hybridized carbons (Fsp3) is 0.167. The van der Waals surface area contributed by atoms with E-state index in [-0.39, 0.29) is 5.69 Å². The molecule has 2 aromatic rings. The van der Waals surface area contributed by atoms with Gasteiger partial charge in [-0.25, -0.2) is 4.98 Å². The summed E-state index contributed by atoms with van der Waals surface area (Å²) in [5.74, 6) is 0.804. The molecule has 1 aromatic carbocycles. The lowest BCUT2D eigenvalue weighted by molar-refractivity contribution is -0.384. The molecule has 0 saturated carbocycles. The summed E-state index contributed by atoms with van der Waals surface area (Å²) in [4.78, 5) is 18.5. The Morgan fingerprint density at radius 1 is 1.50 bits per heavy atom. The van der Waals surface area contributed by atoms with E-state index in [2.05, 4.69) is 31.2 Å². The Kier molecular flexibility index (Phi) is 4.46. The van der Waals surface area contributed by atoms with Gasteiger partial charge in [0.05, 0.1) is 22.7 Å². The first-order valence-electron chi connectivity index (χ1n) is 5.64. The second-order valence-corrected chi connectivity index (χ2v) is 4.69. The number of nitro groups is 1. The predicted molar refractivity (Wildman–Crippen MR) is 76.7 cm³/mol. The Morgan fingerprint density at radius 3 is 3.00 bits per heavy atom. The van der Waals surface area contributed by atoms with E-state index in [1.165, 1.54) is 19.2 Å². The Morgan fingerprint density at radius 2 is 2.30 bits per heavy atom. The molecule has 104 valence electrons. The van der Waals surface area contributed by atoms with Gasteiger partial charge in [-0.2, -0.15) is 4.98 Å². The van der Waals surface area contributed by atoms with Crippen LogP contribution in [0.1, 0.15) is 5.56 Å². The third kappa shape index (κ3) is 3.41. The van der Waals surface area contributed by atoms with Crippen LogP contribution >= 0.6 is 15.9 Å². The molecule has 0 spiro atoms. The molecule has 0 unspecified atom stereocenters. The first-order chi connectivity index (χ1) is 9.60. The average molecular weight is 339 g/mol. The largest absolute Gasteiger partial charge is 0.480 e. The Balaban J connectivity index is 2.08. The fourth-order valence-electron chi connectivity index (χ4n) is 1.54. The van der Waals surface area contributed by atoms with Crippen molar-refractivity contribution in [3.8, 4) is 5.88 Å². The number of nitrogens with one attached hydrogen (secondary N) is 1. The minimum Gasteiger partial charge on any atom is -0.480 e. The van der Waals surface area contributed by atoms with Crippen LogP contribution in [0.25, 0.3) is 0 Å². The molecule has 0 saturated heterocycles. The van der Waals surface area contributed by atoms with Gasteiger partial charge in [-0.15, -0.1) is 0 Å². The van der Waals surface area contributed by atoms with Crippen molar-refractivity contribution in [2.45, 2.75) is 6.54 Å². The van der Waals surface area contributed by atoms with E-state index in [0.717, 1.165) is 5.56 Å². The predicted octanol–water partition coefficient (Wildman–Crippen LogP) is 2.77. The number of nitrogens with zero attached hydrogens (tertiary/aromatic N) is 3. The van der Waals surface area contributed by atoms with Gasteiger partial charge in [0.25, 0.3) is 5.69 Å². The van der Waals surface area contributed by atoms with Crippen molar-refractivity contribution < 1.29 is 9.66 Å². The summed E-state index contributed by atoms with van der Waals surface area (Å²) in [6, 6.07) is 6.38. The van der Waals surface area contributed by atoms with Crippen molar-refractivity contribution in [2.24, 2.45) is 0 Å². The SMILES string of the molecule is COc1nc(NCc2cccc([N+](=O)[O-])c2)ncc1Br. The smallest absolute Gasteiger partial charge is 0.269 e. The molecule has 2 rings (SSSR count). The Labute approximate surface area is 123 Å². The zero-order valence-electron chi connectivity index (χ0n) is 10.5. The van der Waals surface area contributed by atoms with Gasteiger partial charge in [0.15, 0.2) is 0 Å². The van der Waals surface area contributed by atoms with E-state index >= 15 is 0 Å². The molecule has 7 nitrogen and oxygen atoms in total. The van der Waals surface area contributed by atoms with Crippen LogP contribution in [0, 0.1) is 10.1 Å². The third-order valence-corrected chi connectivity index (χ3v) is 3.02. The maximum Gasteiger partial charge on any atom is 0.269 e. The summed E-state index contributed by atoms with van der Waals surface area (Å²) in [6.07, 6.45) is 1.57. The number of hydrogen-bond donors (Lipinski definition) is 1. The molecule has 0 aliphatic rings. The molecule has 8 heteroatoms. The number of aromatic nitrogens is 2. The lowest BCUT2D eigenvalue weighted by atomic mass is 10.2. The molecule has 0 fully saturated rings. The van der Waals surface area contributed by atoms with Crippen molar-refractivity contribution in [1.82, 2.24) is 9.97 Å². The number of hydrogen-bond acceptors (Lipinski definition) is 6. The molecular formula is C12H11BrN4O3. The van der Waals surface area contributed by atoms with E-state index < -0.39 is 4.92 Å². The minimum atomic E-state index is -0.428. The number of methoxy groups -OCH3 is 1. The number of ether oxygens (including phenoxy) is 1. The zero-order valence-corrected chi connectivity index (χ0v) is 12.1. The number of anilines is 1. The van der Waals surface area contributed by atoms with Gasteiger partial charge in [0.1, 0.15) is 0 Å². The molecule has 0 atom stereocenters. The quantitative estimate of drug-likeness (QED) is 0.665. The van der Waals surface area contributed by atoms with Crippen molar-refractivity contribution in [3.63, 3.8) is 0 Å². The number of non-ortho nitro benzene ring substituents is 1. The maximum absolute atomic E-state index is 10.7. The lowest BCUT2D eigenvalue weighted by Crippen LogP contribution is -2.05. The van der Waals surface area contributed by atoms with Gasteiger partial charge in [0, 0.05) is 18.7 Å². The molecule has 1 N–H and O–H groups in total. The van der Waals surface area contributed by atoms with E-state index in [9.17, 15) is 10.1 Å². The second kappa shape index (κ2) is 6.29. The van der Waals surface area contributed by atoms with E-state index in [0.29, 0.717) is 22.8 Å². The third-order valence-electron chi connectivity index (χ3n) is 2.48. The summed E-state index contributed by atoms with van der Waals surface area (Å²) in [7, 11) is 1.51. The highest BCUT2D eigenvalue weighted by molar-refractivity contribution is 9.10. The average Bonchev–Trinajstić information content (AvgIpc) is 2.46. The van der Waals surface area contributed by atoms with Crippen molar-refractivity contribution in [1.29, 1.82) is 0 Å². The van der Waals surface area contributed by atoms with Crippen LogP contribution in [-0.2, 0) is 6.54 Å². The highest BCUT2D eigenvalue weighted by Gasteiger charge is 2.07. The van der Waals surface area contributed by atoms with E-state index in [1.807, 2.05) is 0 Å². The zero-order chi connectivity index (χ0) is 14.5. The topological polar surface area (TPSA) is 90.2 Å². The number of rotatable bonds is 5. The minimum absolute atomic E-state index is 0.0543. The van der Waals surface area contributed by atoms with Crippen LogP contribution in [0.15, 0.2) is 34.9 Å². The van der Waals surface area contributed by atoms with Crippen LogP contribution < -0.4 is 10.1 Å². The van der Waals surface area contributed by atoms with E-state index in [4.69, 9.17) is 4.74 Å². The van der Waals surface area contributed by atoms with Crippen LogP contribution in [0.2, 0.25) is 0 Å². The standard InChI is InChI=1S/C12H11BrN4O3/c1-20-11-10(13)7-15-12(16-11)14-6-8-3-2-4-9(5-8)17(18)19/h2-5,7H,6H2,1H3,(H,14,15,16). The van der Waals surface area contributed by atoms with Gasteiger partial charge in [0.2, 0.25) is 11.8 Å². The van der Waals surface area contributed by atoms with Crippen LogP contribution in [-0.4, -0.2) is 22.0 Å². The Hall–Kier alpha value is -2.22. The summed E-state index contributed by atoms with van der Waals surface area (Å²) in [6.45, 7) is 0.381. The van der Waals surface area contributed by atoms with Crippen molar-refractivity contribution in [3.05, 3.63) is 50.6 Å². The second-order valence-electron chi connectivity index (χ2n) is 3.83. The summed E-state index contributed by atoms with van der Waals surface area (Å²) in [5, 5.41) is 13.7. The normalized spacial score (nSPS) is 10.1. The highest BCUT2D eigenvalue weighted by atomic mass is 79.9. The maximum atomic E-state index is 10.7. The lowest BCUT2D eigenvalue weighted by Gasteiger charge is -2.07. The van der Waals surface area contributed by atoms with E-state index in [1.54, 1.807) is 18.3 Å². The molecular weight excluding hydrogens is 328 g/mol.